The highest BCUT2D eigenvalue weighted by Crippen LogP contribution is 2.35. The summed E-state index contributed by atoms with van der Waals surface area (Å²) in [6, 6.07) is 7.99. The second-order valence-corrected chi connectivity index (χ2v) is 12.8. The number of methoxy groups -OCH3 is 2. The van der Waals surface area contributed by atoms with E-state index in [0.29, 0.717) is 22.4 Å². The highest BCUT2D eigenvalue weighted by Gasteiger charge is 2.33. The third kappa shape index (κ3) is 6.68. The van der Waals surface area contributed by atoms with Gasteiger partial charge in [0.2, 0.25) is 0 Å². The molecule has 12 nitrogen and oxygen atoms in total. The molecule has 0 atom stereocenters. The Morgan fingerprint density at radius 3 is 1.69 bits per heavy atom. The molecule has 4 aromatic heterocycles. The number of piperidine rings is 2. The molecular formula is C36H44N8O4. The molecule has 0 bridgehead atoms. The molecule has 6 rings (SSSR count). The van der Waals surface area contributed by atoms with E-state index in [-0.39, 0.29) is 34.9 Å². The summed E-state index contributed by atoms with van der Waals surface area (Å²) in [6.07, 6.45) is 9.13. The first-order valence-electron chi connectivity index (χ1n) is 16.2. The van der Waals surface area contributed by atoms with Crippen molar-refractivity contribution in [1.82, 2.24) is 19.9 Å². The largest absolute Gasteiger partial charge is 0.378 e. The van der Waals surface area contributed by atoms with Crippen molar-refractivity contribution in [3.63, 3.8) is 0 Å². The molecule has 2 N–H and O–H groups in total. The zero-order valence-electron chi connectivity index (χ0n) is 28.3. The van der Waals surface area contributed by atoms with E-state index in [0.717, 1.165) is 80.4 Å². The number of nitriles is 2. The van der Waals surface area contributed by atoms with E-state index in [1.807, 2.05) is 19.1 Å². The van der Waals surface area contributed by atoms with E-state index in [9.17, 15) is 20.1 Å². The summed E-state index contributed by atoms with van der Waals surface area (Å²) < 4.78 is 11.2. The number of hydrogen-bond donors (Lipinski definition) is 2. The number of pyridine rings is 4. The van der Waals surface area contributed by atoms with Crippen LogP contribution in [0, 0.1) is 22.7 Å². The van der Waals surface area contributed by atoms with Crippen LogP contribution in [0.1, 0.15) is 70.4 Å². The molecule has 0 unspecified atom stereocenters. The lowest BCUT2D eigenvalue weighted by Crippen LogP contribution is -2.44. The van der Waals surface area contributed by atoms with Crippen molar-refractivity contribution in [2.24, 2.45) is 0 Å². The van der Waals surface area contributed by atoms with Crippen molar-refractivity contribution in [2.45, 2.75) is 64.1 Å². The van der Waals surface area contributed by atoms with Crippen LogP contribution in [-0.2, 0) is 15.9 Å². The number of fused-ring (bicyclic) bond motifs is 2. The van der Waals surface area contributed by atoms with E-state index in [2.05, 4.69) is 62.3 Å². The molecule has 6 heterocycles. The molecule has 0 aromatic carbocycles. The SMILES string of the molecule is C=Cc1cc2c(N3CCC(C)(OC)CC3)c(C#N)c(=O)[nH]c2cn1.CCc1cc2c(N3CCC(C)(OC)CC3)c(C#N)c(=O)[nH]c2cn1.[HH]. The highest BCUT2D eigenvalue weighted by molar-refractivity contribution is 5.95. The fraction of sp³-hybridized carbons (Fsp3) is 0.444. The van der Waals surface area contributed by atoms with Gasteiger partial charge in [0.05, 0.1) is 51.7 Å². The van der Waals surface area contributed by atoms with Gasteiger partial charge < -0.3 is 29.2 Å². The molecular weight excluding hydrogens is 608 g/mol. The number of nitrogens with zero attached hydrogens (tertiary/aromatic N) is 6. The summed E-state index contributed by atoms with van der Waals surface area (Å²) in [7, 11) is 3.46. The second-order valence-electron chi connectivity index (χ2n) is 12.8. The Morgan fingerprint density at radius 1 is 0.854 bits per heavy atom. The maximum atomic E-state index is 12.3. The summed E-state index contributed by atoms with van der Waals surface area (Å²) in [4.78, 5) is 42.9. The minimum atomic E-state index is -0.381. The number of aryl methyl sites for hydroxylation is 1. The van der Waals surface area contributed by atoms with E-state index in [1.54, 1.807) is 32.7 Å². The van der Waals surface area contributed by atoms with Crippen LogP contribution in [0.5, 0.6) is 0 Å². The van der Waals surface area contributed by atoms with E-state index in [4.69, 9.17) is 9.47 Å². The van der Waals surface area contributed by atoms with E-state index < -0.39 is 0 Å². The maximum Gasteiger partial charge on any atom is 0.268 e. The van der Waals surface area contributed by atoms with Crippen LogP contribution in [0.3, 0.4) is 0 Å². The Labute approximate surface area is 281 Å². The Balaban J connectivity index is 0.000000216. The number of H-pyrrole nitrogens is 2. The number of ether oxygens (including phenoxy) is 2. The number of aromatic amines is 2. The lowest BCUT2D eigenvalue weighted by molar-refractivity contribution is -0.0134. The number of anilines is 2. The van der Waals surface area contributed by atoms with Gasteiger partial charge in [-0.2, -0.15) is 10.5 Å². The van der Waals surface area contributed by atoms with Gasteiger partial charge in [-0.05, 0) is 64.2 Å². The van der Waals surface area contributed by atoms with Gasteiger partial charge in [0, 0.05) is 58.3 Å². The summed E-state index contributed by atoms with van der Waals surface area (Å²) in [5, 5.41) is 20.7. The predicted molar refractivity (Wildman–Crippen MR) is 189 cm³/mol. The normalized spacial score (nSPS) is 16.9. The van der Waals surface area contributed by atoms with E-state index >= 15 is 0 Å². The molecule has 0 amide bonds. The maximum absolute atomic E-state index is 12.3. The minimum Gasteiger partial charge on any atom is -0.378 e. The Bertz CT molecular complexity index is 2050. The van der Waals surface area contributed by atoms with Crippen molar-refractivity contribution in [3.05, 3.63) is 74.3 Å². The van der Waals surface area contributed by atoms with Crippen LogP contribution in [0.15, 0.2) is 40.7 Å². The first kappa shape index (κ1) is 34.3. The van der Waals surface area contributed by atoms with Gasteiger partial charge in [-0.1, -0.05) is 13.5 Å². The smallest absolute Gasteiger partial charge is 0.268 e. The zero-order valence-corrected chi connectivity index (χ0v) is 28.3. The molecule has 4 aromatic rings. The number of aromatic nitrogens is 4. The third-order valence-corrected chi connectivity index (χ3v) is 9.88. The lowest BCUT2D eigenvalue weighted by Gasteiger charge is -2.40. The average molecular weight is 653 g/mol. The summed E-state index contributed by atoms with van der Waals surface area (Å²) >= 11 is 0. The van der Waals surface area contributed by atoms with Crippen LogP contribution < -0.4 is 20.9 Å². The highest BCUT2D eigenvalue weighted by atomic mass is 16.5. The predicted octanol–water partition coefficient (Wildman–Crippen LogP) is 5.05. The van der Waals surface area contributed by atoms with Gasteiger partial charge in [0.1, 0.15) is 23.3 Å². The van der Waals surface area contributed by atoms with Crippen LogP contribution in [-0.4, -0.2) is 71.5 Å². The molecule has 0 radical (unpaired) electrons. The Morgan fingerprint density at radius 2 is 1.29 bits per heavy atom. The van der Waals surface area contributed by atoms with Crippen LogP contribution in [0.4, 0.5) is 11.4 Å². The van der Waals surface area contributed by atoms with Gasteiger partial charge >= 0.3 is 0 Å². The lowest BCUT2D eigenvalue weighted by atomic mass is 9.92. The summed E-state index contributed by atoms with van der Waals surface area (Å²) in [6.45, 7) is 12.9. The van der Waals surface area contributed by atoms with Crippen molar-refractivity contribution in [3.8, 4) is 12.1 Å². The Hall–Kier alpha value is -5.04. The molecule has 0 saturated carbocycles. The topological polar surface area (TPSA) is 164 Å². The third-order valence-electron chi connectivity index (χ3n) is 9.88. The molecule has 2 fully saturated rings. The van der Waals surface area contributed by atoms with E-state index in [1.165, 1.54) is 0 Å². The number of nitrogens with one attached hydrogen (secondary N) is 2. The summed E-state index contributed by atoms with van der Waals surface area (Å²) in [5.41, 5.74) is 3.64. The fourth-order valence-electron chi connectivity index (χ4n) is 6.40. The molecule has 2 saturated heterocycles. The molecule has 12 heteroatoms. The number of rotatable bonds is 6. The first-order chi connectivity index (χ1) is 23.0. The minimum absolute atomic E-state index is 0. The van der Waals surface area contributed by atoms with Gasteiger partial charge in [0.15, 0.2) is 0 Å². The number of hydrogen-bond acceptors (Lipinski definition) is 10. The van der Waals surface area contributed by atoms with Crippen LogP contribution >= 0.6 is 0 Å². The fourth-order valence-corrected chi connectivity index (χ4v) is 6.40. The molecule has 2 aliphatic heterocycles. The van der Waals surface area contributed by atoms with Crippen molar-refractivity contribution >= 4 is 39.3 Å². The van der Waals surface area contributed by atoms with Gasteiger partial charge in [-0.3, -0.25) is 19.6 Å². The van der Waals surface area contributed by atoms with Gasteiger partial charge in [-0.25, -0.2) is 0 Å². The van der Waals surface area contributed by atoms with Gasteiger partial charge in [-0.15, -0.1) is 0 Å². The summed E-state index contributed by atoms with van der Waals surface area (Å²) in [5.74, 6) is 0. The monoisotopic (exact) mass is 652 g/mol. The van der Waals surface area contributed by atoms with Crippen molar-refractivity contribution in [1.29, 1.82) is 10.5 Å². The quantitative estimate of drug-likeness (QED) is 0.288. The molecule has 0 aliphatic carbocycles. The standard InChI is InChI=1S/C18H22N4O2.C18H20N4O2.H2/c2*1-4-12-9-13-15(11-20-12)21-17(23)14(10-19)16(13)22-7-5-18(2,24-3)6-8-22;/h9,11H,4-8H2,1-3H3,(H,21,23);4,9,11H,1,5-8H2,2-3H3,(H,21,23);1H. The molecule has 2 aliphatic rings. The molecule has 48 heavy (non-hydrogen) atoms. The van der Waals surface area contributed by atoms with Crippen LogP contribution in [0.25, 0.3) is 27.9 Å². The first-order valence-corrected chi connectivity index (χ1v) is 16.2. The second kappa shape index (κ2) is 14.0. The average Bonchev–Trinajstić information content (AvgIpc) is 3.11. The van der Waals surface area contributed by atoms with Crippen LogP contribution in [0.2, 0.25) is 0 Å². The van der Waals surface area contributed by atoms with Gasteiger partial charge in [0.25, 0.3) is 11.1 Å². The van der Waals surface area contributed by atoms with Crippen molar-refractivity contribution < 1.29 is 10.9 Å². The zero-order chi connectivity index (χ0) is 34.6. The van der Waals surface area contributed by atoms with Crippen molar-refractivity contribution in [2.75, 3.05) is 50.2 Å². The molecule has 0 spiro atoms. The Kier molecular flexibility index (Phi) is 9.99. The molecule has 252 valence electrons.